The Morgan fingerprint density at radius 3 is 2.37 bits per heavy atom. The smallest absolute Gasteiger partial charge is 0.264 e. The first-order valence-corrected chi connectivity index (χ1v) is 8.51. The van der Waals surface area contributed by atoms with Crippen molar-refractivity contribution in [2.24, 2.45) is 0 Å². The van der Waals surface area contributed by atoms with E-state index in [2.05, 4.69) is 4.90 Å². The molecule has 1 aromatic rings. The molecule has 1 aliphatic heterocycles. The minimum absolute atomic E-state index is 0.0243. The molecule has 0 spiro atoms. The predicted octanol–water partition coefficient (Wildman–Crippen LogP) is 2.19. The predicted molar refractivity (Wildman–Crippen MR) is 75.4 cm³/mol. The van der Waals surface area contributed by atoms with E-state index in [0.29, 0.717) is 0 Å². The molecular weight excluding hydrogens is 262 g/mol. The van der Waals surface area contributed by atoms with Crippen molar-refractivity contribution in [3.8, 4) is 0 Å². The third-order valence-corrected chi connectivity index (χ3v) is 4.02. The van der Waals surface area contributed by atoms with Crippen molar-refractivity contribution in [2.75, 3.05) is 26.0 Å². The van der Waals surface area contributed by atoms with Crippen LogP contribution in [0.3, 0.4) is 0 Å². The highest BCUT2D eigenvalue weighted by molar-refractivity contribution is 7.85. The standard InChI is InChI=1S/C14H21NO3S/c1-19(16,17)18-12-14(13-8-4-2-5-9-13)15-10-6-3-7-11-15/h2,4-5,8-9,14H,3,6-7,10-12H2,1H3/t14-/m0/s1. The fraction of sp³-hybridized carbons (Fsp3) is 0.571. The van der Waals surface area contributed by atoms with Crippen LogP contribution < -0.4 is 0 Å². The zero-order valence-electron chi connectivity index (χ0n) is 11.3. The maximum atomic E-state index is 11.2. The van der Waals surface area contributed by atoms with Gasteiger partial charge in [0, 0.05) is 0 Å². The number of rotatable bonds is 5. The molecule has 0 aromatic heterocycles. The SMILES string of the molecule is CS(=O)(=O)OC[C@@H](c1ccccc1)N1CCCCC1. The zero-order chi connectivity index (χ0) is 13.7. The fourth-order valence-electron chi connectivity index (χ4n) is 2.51. The third-order valence-electron chi connectivity index (χ3n) is 3.46. The Balaban J connectivity index is 2.12. The maximum absolute atomic E-state index is 11.2. The van der Waals surface area contributed by atoms with E-state index in [9.17, 15) is 8.42 Å². The minimum Gasteiger partial charge on any atom is -0.294 e. The molecule has 2 rings (SSSR count). The molecule has 1 atom stereocenters. The number of hydrogen-bond donors (Lipinski definition) is 0. The van der Waals surface area contributed by atoms with E-state index < -0.39 is 10.1 Å². The van der Waals surface area contributed by atoms with Crippen LogP contribution >= 0.6 is 0 Å². The largest absolute Gasteiger partial charge is 0.294 e. The summed E-state index contributed by atoms with van der Waals surface area (Å²) in [7, 11) is -3.39. The van der Waals surface area contributed by atoms with Crippen molar-refractivity contribution in [3.05, 3.63) is 35.9 Å². The van der Waals surface area contributed by atoms with E-state index in [1.807, 2.05) is 30.3 Å². The molecule has 1 aromatic carbocycles. The van der Waals surface area contributed by atoms with Gasteiger partial charge >= 0.3 is 0 Å². The van der Waals surface area contributed by atoms with Gasteiger partial charge in [-0.2, -0.15) is 8.42 Å². The van der Waals surface area contributed by atoms with Crippen molar-refractivity contribution in [1.82, 2.24) is 4.90 Å². The summed E-state index contributed by atoms with van der Waals surface area (Å²) in [5.41, 5.74) is 1.12. The molecule has 0 bridgehead atoms. The van der Waals surface area contributed by atoms with Crippen molar-refractivity contribution < 1.29 is 12.6 Å². The van der Waals surface area contributed by atoms with E-state index in [4.69, 9.17) is 4.18 Å². The molecule has 1 fully saturated rings. The van der Waals surface area contributed by atoms with Gasteiger partial charge in [0.15, 0.2) is 0 Å². The first kappa shape index (κ1) is 14.5. The summed E-state index contributed by atoms with van der Waals surface area (Å²) in [5.74, 6) is 0. The van der Waals surface area contributed by atoms with Crippen LogP contribution in [0.15, 0.2) is 30.3 Å². The zero-order valence-corrected chi connectivity index (χ0v) is 12.1. The second-order valence-electron chi connectivity index (χ2n) is 5.01. The van der Waals surface area contributed by atoms with Gasteiger partial charge in [0.2, 0.25) is 0 Å². The molecule has 4 nitrogen and oxygen atoms in total. The molecular formula is C14H21NO3S. The fourth-order valence-corrected chi connectivity index (χ4v) is 2.88. The summed E-state index contributed by atoms with van der Waals surface area (Å²) in [5, 5.41) is 0. The summed E-state index contributed by atoms with van der Waals surface area (Å²) >= 11 is 0. The summed E-state index contributed by atoms with van der Waals surface area (Å²) in [4.78, 5) is 2.32. The van der Waals surface area contributed by atoms with Gasteiger partial charge in [-0.15, -0.1) is 0 Å². The van der Waals surface area contributed by atoms with Crippen molar-refractivity contribution in [1.29, 1.82) is 0 Å². The van der Waals surface area contributed by atoms with E-state index >= 15 is 0 Å². The molecule has 0 amide bonds. The summed E-state index contributed by atoms with van der Waals surface area (Å²) in [6.07, 6.45) is 4.70. The molecule has 5 heteroatoms. The molecule has 0 saturated carbocycles. The van der Waals surface area contributed by atoms with Crippen LogP contribution in [0.1, 0.15) is 30.9 Å². The van der Waals surface area contributed by atoms with Gasteiger partial charge < -0.3 is 0 Å². The van der Waals surface area contributed by atoms with Gasteiger partial charge in [0.1, 0.15) is 0 Å². The van der Waals surface area contributed by atoms with Gasteiger partial charge in [-0.1, -0.05) is 36.8 Å². The van der Waals surface area contributed by atoms with Crippen LogP contribution in [0.2, 0.25) is 0 Å². The van der Waals surface area contributed by atoms with Gasteiger partial charge in [0.05, 0.1) is 18.9 Å². The number of hydrogen-bond acceptors (Lipinski definition) is 4. The van der Waals surface area contributed by atoms with Gasteiger partial charge in [-0.05, 0) is 31.5 Å². The molecule has 0 N–H and O–H groups in total. The quantitative estimate of drug-likeness (QED) is 0.777. The lowest BCUT2D eigenvalue weighted by Gasteiger charge is -2.34. The molecule has 1 saturated heterocycles. The number of likely N-dealkylation sites (tertiary alicyclic amines) is 1. The Hall–Kier alpha value is -0.910. The molecule has 19 heavy (non-hydrogen) atoms. The van der Waals surface area contributed by atoms with Gasteiger partial charge in [-0.3, -0.25) is 9.08 Å². The number of nitrogens with zero attached hydrogens (tertiary/aromatic N) is 1. The Kier molecular flexibility index (Phi) is 4.96. The van der Waals surface area contributed by atoms with Crippen molar-refractivity contribution in [3.63, 3.8) is 0 Å². The monoisotopic (exact) mass is 283 g/mol. The molecule has 0 unspecified atom stereocenters. The molecule has 106 valence electrons. The summed E-state index contributed by atoms with van der Waals surface area (Å²) in [6.45, 7) is 2.21. The average molecular weight is 283 g/mol. The highest BCUT2D eigenvalue weighted by atomic mass is 32.2. The first-order chi connectivity index (χ1) is 9.06. The van der Waals surface area contributed by atoms with Crippen LogP contribution in [0.25, 0.3) is 0 Å². The molecule has 1 aliphatic rings. The Labute approximate surface area is 115 Å². The van der Waals surface area contributed by atoms with Crippen LogP contribution in [0, 0.1) is 0 Å². The molecule has 1 heterocycles. The minimum atomic E-state index is -3.39. The Morgan fingerprint density at radius 2 is 1.79 bits per heavy atom. The van der Waals surface area contributed by atoms with Crippen LogP contribution in [-0.2, 0) is 14.3 Å². The van der Waals surface area contributed by atoms with E-state index in [0.717, 1.165) is 24.9 Å². The second kappa shape index (κ2) is 6.50. The van der Waals surface area contributed by atoms with E-state index in [1.54, 1.807) is 0 Å². The number of piperidine rings is 1. The molecule has 0 radical (unpaired) electrons. The lowest BCUT2D eigenvalue weighted by Crippen LogP contribution is -2.36. The van der Waals surface area contributed by atoms with Gasteiger partial charge in [0.25, 0.3) is 10.1 Å². The normalized spacial score (nSPS) is 19.2. The van der Waals surface area contributed by atoms with Gasteiger partial charge in [-0.25, -0.2) is 0 Å². The summed E-state index contributed by atoms with van der Waals surface area (Å²) in [6, 6.07) is 10.0. The Morgan fingerprint density at radius 1 is 1.16 bits per heavy atom. The van der Waals surface area contributed by atoms with Crippen molar-refractivity contribution >= 4 is 10.1 Å². The number of benzene rings is 1. The van der Waals surface area contributed by atoms with E-state index in [1.165, 1.54) is 19.3 Å². The Bertz CT molecular complexity index is 481. The second-order valence-corrected chi connectivity index (χ2v) is 6.66. The third kappa shape index (κ3) is 4.60. The molecule has 0 aliphatic carbocycles. The topological polar surface area (TPSA) is 46.6 Å². The maximum Gasteiger partial charge on any atom is 0.264 e. The van der Waals surface area contributed by atoms with Crippen molar-refractivity contribution in [2.45, 2.75) is 25.3 Å². The highest BCUT2D eigenvalue weighted by Gasteiger charge is 2.23. The van der Waals surface area contributed by atoms with E-state index in [-0.39, 0.29) is 12.6 Å². The average Bonchev–Trinajstić information content (AvgIpc) is 2.40. The lowest BCUT2D eigenvalue weighted by atomic mass is 10.0. The van der Waals surface area contributed by atoms with Crippen LogP contribution in [0.5, 0.6) is 0 Å². The van der Waals surface area contributed by atoms with Crippen LogP contribution in [-0.4, -0.2) is 39.3 Å². The first-order valence-electron chi connectivity index (χ1n) is 6.70. The summed E-state index contributed by atoms with van der Waals surface area (Å²) < 4.78 is 27.4. The highest BCUT2D eigenvalue weighted by Crippen LogP contribution is 2.25. The lowest BCUT2D eigenvalue weighted by molar-refractivity contribution is 0.117. The van der Waals surface area contributed by atoms with Crippen LogP contribution in [0.4, 0.5) is 0 Å².